The van der Waals surface area contributed by atoms with Crippen molar-refractivity contribution in [3.05, 3.63) is 57.6 Å². The van der Waals surface area contributed by atoms with Gasteiger partial charge in [0.2, 0.25) is 5.91 Å². The molecular weight excluding hydrogens is 425 g/mol. The van der Waals surface area contributed by atoms with Crippen molar-refractivity contribution < 1.29 is 4.79 Å². The molecule has 3 aromatic rings. The van der Waals surface area contributed by atoms with Crippen LogP contribution in [0.1, 0.15) is 22.3 Å². The number of aromatic nitrogens is 1. The molecule has 1 heterocycles. The number of likely N-dealkylation sites (N-methyl/N-ethyl adjacent to an activating group) is 1. The van der Waals surface area contributed by atoms with E-state index in [-0.39, 0.29) is 18.3 Å². The Balaban J connectivity index is 0.00000300. The van der Waals surface area contributed by atoms with Gasteiger partial charge in [0.05, 0.1) is 16.1 Å². The molecule has 0 spiro atoms. The van der Waals surface area contributed by atoms with Gasteiger partial charge in [-0.25, -0.2) is 4.98 Å². The Kier molecular flexibility index (Phi) is 8.06. The fraction of sp³-hybridized carbons (Fsp3) is 0.364. The molecule has 0 unspecified atom stereocenters. The van der Waals surface area contributed by atoms with Crippen LogP contribution >= 0.6 is 35.3 Å². The first-order valence-corrected chi connectivity index (χ1v) is 10.5. The third-order valence-electron chi connectivity index (χ3n) is 4.83. The zero-order valence-corrected chi connectivity index (χ0v) is 19.8. The van der Waals surface area contributed by atoms with Crippen LogP contribution in [0.15, 0.2) is 30.3 Å². The number of carbonyl (C=O) groups excluding carboxylic acids is 1. The minimum Gasteiger partial charge on any atom is -0.308 e. The Morgan fingerprint density at radius 2 is 1.76 bits per heavy atom. The Morgan fingerprint density at radius 3 is 2.34 bits per heavy atom. The summed E-state index contributed by atoms with van der Waals surface area (Å²) in [5.41, 5.74) is 5.40. The van der Waals surface area contributed by atoms with E-state index in [1.54, 1.807) is 4.90 Å². The van der Waals surface area contributed by atoms with Gasteiger partial charge in [-0.1, -0.05) is 46.7 Å². The molecule has 0 fully saturated rings. The SMILES string of the molecule is Cc1cc(C)c(CC(=O)N(CCN(C)C)c2nc3c(Cl)cccc3s2)c(C)c1.Cl. The van der Waals surface area contributed by atoms with Crippen molar-refractivity contribution in [3.63, 3.8) is 0 Å². The Morgan fingerprint density at radius 1 is 1.10 bits per heavy atom. The van der Waals surface area contributed by atoms with Gasteiger partial charge in [0, 0.05) is 13.1 Å². The monoisotopic (exact) mass is 451 g/mol. The number of aryl methyl sites for hydroxylation is 3. The van der Waals surface area contributed by atoms with Crippen LogP contribution in [-0.4, -0.2) is 43.0 Å². The molecule has 0 aliphatic carbocycles. The molecular formula is C22H27Cl2N3OS. The van der Waals surface area contributed by atoms with Gasteiger partial charge in [0.15, 0.2) is 5.13 Å². The van der Waals surface area contributed by atoms with Gasteiger partial charge in [-0.15, -0.1) is 12.4 Å². The van der Waals surface area contributed by atoms with Crippen LogP contribution in [0, 0.1) is 20.8 Å². The summed E-state index contributed by atoms with van der Waals surface area (Å²) >= 11 is 7.81. The number of fused-ring (bicyclic) bond motifs is 1. The first-order valence-electron chi connectivity index (χ1n) is 9.33. The maximum absolute atomic E-state index is 13.3. The first-order chi connectivity index (χ1) is 13.3. The van der Waals surface area contributed by atoms with E-state index < -0.39 is 0 Å². The van der Waals surface area contributed by atoms with Gasteiger partial charge >= 0.3 is 0 Å². The van der Waals surface area contributed by atoms with E-state index in [1.807, 2.05) is 32.3 Å². The van der Waals surface area contributed by atoms with Crippen molar-refractivity contribution in [2.75, 3.05) is 32.1 Å². The second kappa shape index (κ2) is 9.90. The summed E-state index contributed by atoms with van der Waals surface area (Å²) in [6.45, 7) is 7.59. The number of benzene rings is 2. The zero-order chi connectivity index (χ0) is 20.4. The molecule has 1 amide bonds. The lowest BCUT2D eigenvalue weighted by atomic mass is 9.97. The van der Waals surface area contributed by atoms with Crippen molar-refractivity contribution in [1.29, 1.82) is 0 Å². The van der Waals surface area contributed by atoms with Gasteiger partial charge in [0.25, 0.3) is 0 Å². The maximum atomic E-state index is 13.3. The highest BCUT2D eigenvalue weighted by Crippen LogP contribution is 2.33. The normalized spacial score (nSPS) is 11.0. The van der Waals surface area contributed by atoms with Crippen LogP contribution in [0.2, 0.25) is 5.02 Å². The lowest BCUT2D eigenvalue weighted by Gasteiger charge is -2.23. The summed E-state index contributed by atoms with van der Waals surface area (Å²) in [5.74, 6) is 0.0621. The van der Waals surface area contributed by atoms with E-state index in [1.165, 1.54) is 16.9 Å². The summed E-state index contributed by atoms with van der Waals surface area (Å²) in [5, 5.41) is 1.32. The molecule has 3 rings (SSSR count). The van der Waals surface area contributed by atoms with E-state index in [0.717, 1.165) is 33.5 Å². The molecule has 4 nitrogen and oxygen atoms in total. The highest BCUT2D eigenvalue weighted by molar-refractivity contribution is 7.22. The van der Waals surface area contributed by atoms with Crippen LogP contribution < -0.4 is 4.90 Å². The van der Waals surface area contributed by atoms with Crippen molar-refractivity contribution in [3.8, 4) is 0 Å². The number of thiazole rings is 1. The zero-order valence-electron chi connectivity index (χ0n) is 17.5. The maximum Gasteiger partial charge on any atom is 0.233 e. The molecule has 0 radical (unpaired) electrons. The van der Waals surface area contributed by atoms with Crippen molar-refractivity contribution in [2.45, 2.75) is 27.2 Å². The number of amides is 1. The fourth-order valence-corrected chi connectivity index (χ4v) is 4.69. The average molecular weight is 452 g/mol. The van der Waals surface area contributed by atoms with Crippen molar-refractivity contribution in [2.24, 2.45) is 0 Å². The van der Waals surface area contributed by atoms with Gasteiger partial charge in [-0.05, 0) is 63.7 Å². The van der Waals surface area contributed by atoms with Gasteiger partial charge in [-0.2, -0.15) is 0 Å². The highest BCUT2D eigenvalue weighted by Gasteiger charge is 2.22. The molecule has 0 saturated carbocycles. The number of para-hydroxylation sites is 1. The standard InChI is InChI=1S/C22H26ClN3OS.ClH/c1-14-11-15(2)17(16(3)12-14)13-20(27)26(10-9-25(4)5)22-24-21-18(23)7-6-8-19(21)28-22;/h6-8,11-12H,9-10,13H2,1-5H3;1H. The Bertz CT molecular complexity index is 993. The van der Waals surface area contributed by atoms with E-state index in [9.17, 15) is 4.79 Å². The summed E-state index contributed by atoms with van der Waals surface area (Å²) in [6, 6.07) is 10.0. The number of hydrogen-bond acceptors (Lipinski definition) is 4. The number of halogens is 2. The summed E-state index contributed by atoms with van der Waals surface area (Å²) in [7, 11) is 4.01. The third-order valence-corrected chi connectivity index (χ3v) is 6.18. The molecule has 0 saturated heterocycles. The van der Waals surface area contributed by atoms with E-state index in [2.05, 4.69) is 42.8 Å². The fourth-order valence-electron chi connectivity index (χ4n) is 3.38. The first kappa shape index (κ1) is 23.6. The van der Waals surface area contributed by atoms with Crippen LogP contribution in [0.4, 0.5) is 5.13 Å². The van der Waals surface area contributed by atoms with E-state index >= 15 is 0 Å². The summed E-state index contributed by atoms with van der Waals surface area (Å²) in [4.78, 5) is 21.9. The van der Waals surface area contributed by atoms with Gasteiger partial charge in [-0.3, -0.25) is 9.69 Å². The molecule has 2 aromatic carbocycles. The topological polar surface area (TPSA) is 36.4 Å². The quantitative estimate of drug-likeness (QED) is 0.500. The van der Waals surface area contributed by atoms with Crippen LogP contribution in [0.25, 0.3) is 10.2 Å². The molecule has 0 aliphatic rings. The van der Waals surface area contributed by atoms with Crippen molar-refractivity contribution in [1.82, 2.24) is 9.88 Å². The lowest BCUT2D eigenvalue weighted by Crippen LogP contribution is -2.37. The van der Waals surface area contributed by atoms with E-state index in [0.29, 0.717) is 23.1 Å². The van der Waals surface area contributed by atoms with E-state index in [4.69, 9.17) is 11.6 Å². The Labute approximate surface area is 187 Å². The molecule has 1 aromatic heterocycles. The molecule has 7 heteroatoms. The summed E-state index contributed by atoms with van der Waals surface area (Å²) in [6.07, 6.45) is 0.370. The minimum absolute atomic E-state index is 0. The predicted molar refractivity (Wildman–Crippen MR) is 127 cm³/mol. The minimum atomic E-state index is 0. The second-order valence-corrected chi connectivity index (χ2v) is 8.90. The Hall–Kier alpha value is -1.66. The number of anilines is 1. The number of hydrogen-bond donors (Lipinski definition) is 0. The number of carbonyl (C=O) groups is 1. The molecule has 0 aliphatic heterocycles. The molecule has 0 atom stereocenters. The largest absolute Gasteiger partial charge is 0.308 e. The highest BCUT2D eigenvalue weighted by atomic mass is 35.5. The van der Waals surface area contributed by atoms with Crippen LogP contribution in [-0.2, 0) is 11.2 Å². The van der Waals surface area contributed by atoms with Crippen molar-refractivity contribution >= 4 is 56.6 Å². The van der Waals surface area contributed by atoms with Crippen LogP contribution in [0.3, 0.4) is 0 Å². The molecule has 0 bridgehead atoms. The van der Waals surface area contributed by atoms with Gasteiger partial charge < -0.3 is 4.90 Å². The number of nitrogens with zero attached hydrogens (tertiary/aromatic N) is 3. The third kappa shape index (κ3) is 5.48. The lowest BCUT2D eigenvalue weighted by molar-refractivity contribution is -0.118. The number of rotatable bonds is 6. The summed E-state index contributed by atoms with van der Waals surface area (Å²) < 4.78 is 0.993. The van der Waals surface area contributed by atoms with Gasteiger partial charge in [0.1, 0.15) is 5.52 Å². The average Bonchev–Trinajstić information content (AvgIpc) is 3.03. The predicted octanol–water partition coefficient (Wildman–Crippen LogP) is 5.43. The van der Waals surface area contributed by atoms with Crippen LogP contribution in [0.5, 0.6) is 0 Å². The smallest absolute Gasteiger partial charge is 0.233 e. The molecule has 29 heavy (non-hydrogen) atoms. The second-order valence-electron chi connectivity index (χ2n) is 7.49. The molecule has 0 N–H and O–H groups in total. The molecule has 156 valence electrons.